The fourth-order valence-electron chi connectivity index (χ4n) is 3.27. The van der Waals surface area contributed by atoms with Crippen LogP contribution in [-0.2, 0) is 30.9 Å². The van der Waals surface area contributed by atoms with E-state index in [2.05, 4.69) is 27.4 Å². The second-order valence-electron chi connectivity index (χ2n) is 6.57. The molecule has 142 valence electrons. The average Bonchev–Trinajstić information content (AvgIpc) is 3.37. The minimum atomic E-state index is -0.481. The lowest BCUT2D eigenvalue weighted by Gasteiger charge is -2.05. The lowest BCUT2D eigenvalue weighted by molar-refractivity contribution is 0.0461. The molecule has 0 fully saturated rings. The van der Waals surface area contributed by atoms with Crippen molar-refractivity contribution in [3.05, 3.63) is 32.4 Å². The Balaban J connectivity index is 1.57. The minimum absolute atomic E-state index is 0.00779. The van der Waals surface area contributed by atoms with Crippen LogP contribution in [0.4, 0.5) is 0 Å². The molecular formula is C17H20N6O3S. The van der Waals surface area contributed by atoms with Crippen LogP contribution in [0.3, 0.4) is 0 Å². The summed E-state index contributed by atoms with van der Waals surface area (Å²) < 4.78 is 8.77. The molecule has 0 spiro atoms. The number of nitrogens with zero attached hydrogens (tertiary/aromatic N) is 6. The average molecular weight is 388 g/mol. The molecule has 0 aromatic carbocycles. The van der Waals surface area contributed by atoms with Gasteiger partial charge in [0.1, 0.15) is 15.5 Å². The first-order valence-electron chi connectivity index (χ1n) is 9.05. The fourth-order valence-corrected chi connectivity index (χ4v) is 4.36. The molecule has 3 aromatic heterocycles. The lowest BCUT2D eigenvalue weighted by atomic mass is 10.2. The second-order valence-corrected chi connectivity index (χ2v) is 7.57. The number of carbonyl (C=O) groups excluding carboxylic acids is 1. The van der Waals surface area contributed by atoms with Gasteiger partial charge in [-0.3, -0.25) is 9.36 Å². The molecule has 1 aliphatic heterocycles. The SMILES string of the molecule is CCCCn1nnnc1COC(=O)c1sc2nc3n(c(=O)c2c1C)CCC3. The molecule has 0 saturated carbocycles. The number of esters is 1. The van der Waals surface area contributed by atoms with E-state index in [-0.39, 0.29) is 12.2 Å². The van der Waals surface area contributed by atoms with Crippen LogP contribution in [0.25, 0.3) is 10.2 Å². The van der Waals surface area contributed by atoms with Crippen molar-refractivity contribution in [2.45, 2.75) is 59.2 Å². The van der Waals surface area contributed by atoms with E-state index in [4.69, 9.17) is 4.74 Å². The molecule has 3 aromatic rings. The third-order valence-corrected chi connectivity index (χ3v) is 5.92. The molecule has 10 heteroatoms. The molecule has 0 atom stereocenters. The predicted octanol–water partition coefficient (Wildman–Crippen LogP) is 1.86. The van der Waals surface area contributed by atoms with E-state index in [1.54, 1.807) is 16.2 Å². The Hall–Kier alpha value is -2.62. The summed E-state index contributed by atoms with van der Waals surface area (Å²) in [5.41, 5.74) is 0.564. The third kappa shape index (κ3) is 3.14. The van der Waals surface area contributed by atoms with E-state index in [0.29, 0.717) is 39.6 Å². The van der Waals surface area contributed by atoms with Crippen LogP contribution < -0.4 is 5.56 Å². The Bertz CT molecular complexity index is 1070. The summed E-state index contributed by atoms with van der Waals surface area (Å²) in [7, 11) is 0. The van der Waals surface area contributed by atoms with Crippen molar-refractivity contribution in [2.75, 3.05) is 0 Å². The van der Waals surface area contributed by atoms with Crippen molar-refractivity contribution in [2.24, 2.45) is 0 Å². The van der Waals surface area contributed by atoms with Crippen LogP contribution in [0.15, 0.2) is 4.79 Å². The van der Waals surface area contributed by atoms with Crippen LogP contribution in [0.2, 0.25) is 0 Å². The van der Waals surface area contributed by atoms with E-state index in [1.165, 1.54) is 11.3 Å². The maximum Gasteiger partial charge on any atom is 0.349 e. The highest BCUT2D eigenvalue weighted by molar-refractivity contribution is 7.20. The van der Waals surface area contributed by atoms with Gasteiger partial charge in [0.15, 0.2) is 12.4 Å². The summed E-state index contributed by atoms with van der Waals surface area (Å²) in [6, 6.07) is 0. The highest BCUT2D eigenvalue weighted by atomic mass is 32.1. The van der Waals surface area contributed by atoms with E-state index < -0.39 is 5.97 Å². The van der Waals surface area contributed by atoms with Gasteiger partial charge in [0.25, 0.3) is 5.56 Å². The molecule has 0 amide bonds. The van der Waals surface area contributed by atoms with Gasteiger partial charge in [-0.25, -0.2) is 14.5 Å². The monoisotopic (exact) mass is 388 g/mol. The maximum absolute atomic E-state index is 12.7. The smallest absolute Gasteiger partial charge is 0.349 e. The number of aromatic nitrogens is 6. The molecule has 27 heavy (non-hydrogen) atoms. The third-order valence-electron chi connectivity index (χ3n) is 4.76. The highest BCUT2D eigenvalue weighted by Gasteiger charge is 2.24. The van der Waals surface area contributed by atoms with Crippen molar-refractivity contribution in [3.63, 3.8) is 0 Å². The van der Waals surface area contributed by atoms with Gasteiger partial charge in [-0.15, -0.1) is 16.4 Å². The van der Waals surface area contributed by atoms with Gasteiger partial charge >= 0.3 is 5.97 Å². The number of hydrogen-bond donors (Lipinski definition) is 0. The van der Waals surface area contributed by atoms with Crippen LogP contribution in [0.5, 0.6) is 0 Å². The summed E-state index contributed by atoms with van der Waals surface area (Å²) in [5.74, 6) is 0.821. The quantitative estimate of drug-likeness (QED) is 0.594. The van der Waals surface area contributed by atoms with Gasteiger partial charge in [0, 0.05) is 19.5 Å². The number of aryl methyl sites for hydroxylation is 3. The first-order chi connectivity index (χ1) is 13.1. The number of hydrogen-bond acceptors (Lipinski definition) is 8. The minimum Gasteiger partial charge on any atom is -0.453 e. The Morgan fingerprint density at radius 1 is 1.37 bits per heavy atom. The van der Waals surface area contributed by atoms with Crippen LogP contribution in [-0.4, -0.2) is 35.7 Å². The van der Waals surface area contributed by atoms with Gasteiger partial charge in [-0.2, -0.15) is 0 Å². The molecular weight excluding hydrogens is 368 g/mol. The zero-order valence-corrected chi connectivity index (χ0v) is 16.1. The predicted molar refractivity (Wildman–Crippen MR) is 98.8 cm³/mol. The van der Waals surface area contributed by atoms with Crippen molar-refractivity contribution in [1.29, 1.82) is 0 Å². The lowest BCUT2D eigenvalue weighted by Crippen LogP contribution is -2.20. The summed E-state index contributed by atoms with van der Waals surface area (Å²) in [6.45, 7) is 5.22. The Morgan fingerprint density at radius 2 is 2.22 bits per heavy atom. The molecule has 0 N–H and O–H groups in total. The molecule has 0 unspecified atom stereocenters. The maximum atomic E-state index is 12.7. The van der Waals surface area contributed by atoms with E-state index >= 15 is 0 Å². The largest absolute Gasteiger partial charge is 0.453 e. The van der Waals surface area contributed by atoms with Crippen molar-refractivity contribution in [1.82, 2.24) is 29.8 Å². The summed E-state index contributed by atoms with van der Waals surface area (Å²) in [6.07, 6.45) is 3.69. The molecule has 0 saturated heterocycles. The standard InChI is InChI=1S/C17H20N6O3S/c1-3-4-8-23-12(19-20-21-23)9-26-17(25)14-10(2)13-15(27-14)18-11-6-5-7-22(11)16(13)24/h3-9H2,1-2H3. The van der Waals surface area contributed by atoms with Gasteiger partial charge in [-0.05, 0) is 35.8 Å². The number of fused-ring (bicyclic) bond motifs is 2. The molecule has 0 radical (unpaired) electrons. The van der Waals surface area contributed by atoms with E-state index in [1.807, 2.05) is 0 Å². The van der Waals surface area contributed by atoms with Crippen LogP contribution >= 0.6 is 11.3 Å². The molecule has 4 rings (SSSR count). The summed E-state index contributed by atoms with van der Waals surface area (Å²) >= 11 is 1.21. The van der Waals surface area contributed by atoms with Crippen molar-refractivity contribution >= 4 is 27.5 Å². The first kappa shape index (κ1) is 17.8. The summed E-state index contributed by atoms with van der Waals surface area (Å²) in [4.78, 5) is 30.9. The fraction of sp³-hybridized carbons (Fsp3) is 0.529. The number of carbonyl (C=O) groups is 1. The van der Waals surface area contributed by atoms with Crippen molar-refractivity contribution < 1.29 is 9.53 Å². The van der Waals surface area contributed by atoms with E-state index in [9.17, 15) is 9.59 Å². The molecule has 4 heterocycles. The zero-order chi connectivity index (χ0) is 19.0. The molecule has 9 nitrogen and oxygen atoms in total. The van der Waals surface area contributed by atoms with E-state index in [0.717, 1.165) is 31.5 Å². The topological polar surface area (TPSA) is 105 Å². The van der Waals surface area contributed by atoms with Gasteiger partial charge in [0.05, 0.1) is 5.39 Å². The van der Waals surface area contributed by atoms with Crippen LogP contribution in [0, 0.1) is 6.92 Å². The Kier molecular flexibility index (Phi) is 4.73. The summed E-state index contributed by atoms with van der Waals surface area (Å²) in [5, 5.41) is 12.0. The molecule has 0 bridgehead atoms. The Labute approximate surface area is 159 Å². The Morgan fingerprint density at radius 3 is 3.04 bits per heavy atom. The van der Waals surface area contributed by atoms with Gasteiger partial charge in [-0.1, -0.05) is 13.3 Å². The van der Waals surface area contributed by atoms with Gasteiger partial charge in [0.2, 0.25) is 0 Å². The number of thiophene rings is 1. The second kappa shape index (κ2) is 7.18. The first-order valence-corrected chi connectivity index (χ1v) is 9.86. The molecule has 1 aliphatic rings. The molecule has 0 aliphatic carbocycles. The number of rotatable bonds is 6. The zero-order valence-electron chi connectivity index (χ0n) is 15.3. The number of unbranched alkanes of at least 4 members (excludes halogenated alkanes) is 1. The highest BCUT2D eigenvalue weighted by Crippen LogP contribution is 2.29. The number of tetrazole rings is 1. The number of ether oxygens (including phenoxy) is 1. The van der Waals surface area contributed by atoms with Crippen LogP contribution in [0.1, 0.15) is 53.1 Å². The normalized spacial score (nSPS) is 13.3. The van der Waals surface area contributed by atoms with Crippen molar-refractivity contribution in [3.8, 4) is 0 Å². The van der Waals surface area contributed by atoms with Gasteiger partial charge < -0.3 is 4.74 Å².